The lowest BCUT2D eigenvalue weighted by Crippen LogP contribution is -2.16. The smallest absolute Gasteiger partial charge is 0.178 e. The maximum absolute atomic E-state index is 13.9. The fourth-order valence-corrected chi connectivity index (χ4v) is 2.56. The average molecular weight is 348 g/mol. The fourth-order valence-electron chi connectivity index (χ4n) is 1.39. The number of halogens is 3. The van der Waals surface area contributed by atoms with Crippen LogP contribution in [0.15, 0.2) is 22.1 Å². The molecule has 0 saturated heterocycles. The third-order valence-corrected chi connectivity index (χ3v) is 3.73. The van der Waals surface area contributed by atoms with Crippen molar-refractivity contribution in [1.82, 2.24) is 4.98 Å². The first-order chi connectivity index (χ1) is 8.99. The summed E-state index contributed by atoms with van der Waals surface area (Å²) in [5, 5.41) is 9.54. The normalized spacial score (nSPS) is 10.5. The van der Waals surface area contributed by atoms with Gasteiger partial charge in [0.1, 0.15) is 27.9 Å². The summed E-state index contributed by atoms with van der Waals surface area (Å²) in [7, 11) is 0. The molecule has 0 aliphatic carbocycles. The van der Waals surface area contributed by atoms with E-state index in [1.54, 1.807) is 5.38 Å². The van der Waals surface area contributed by atoms with E-state index in [0.29, 0.717) is 9.61 Å². The standard InChI is InChI=1S/C11H8BrF2N3OS/c12-7-4-19-8(17-7)3-18-6-2-1-5(13)9(10(6)14)11(15)16/h1-2,4H,3H2,(H3,15,16). The molecule has 1 aromatic carbocycles. The largest absolute Gasteiger partial charge is 0.483 e. The summed E-state index contributed by atoms with van der Waals surface area (Å²) in [5.41, 5.74) is 4.54. The number of aromatic nitrogens is 1. The minimum atomic E-state index is -0.983. The van der Waals surface area contributed by atoms with Crippen LogP contribution < -0.4 is 10.5 Å². The number of nitrogen functional groups attached to an aromatic ring is 1. The van der Waals surface area contributed by atoms with Gasteiger partial charge in [0.15, 0.2) is 11.6 Å². The minimum Gasteiger partial charge on any atom is -0.483 e. The van der Waals surface area contributed by atoms with E-state index >= 15 is 0 Å². The second-order valence-electron chi connectivity index (χ2n) is 3.50. The van der Waals surface area contributed by atoms with Gasteiger partial charge in [-0.25, -0.2) is 13.8 Å². The lowest BCUT2D eigenvalue weighted by Gasteiger charge is -2.09. The van der Waals surface area contributed by atoms with Gasteiger partial charge in [-0.05, 0) is 28.1 Å². The molecule has 19 heavy (non-hydrogen) atoms. The molecule has 0 amide bonds. The Hall–Kier alpha value is -1.54. The van der Waals surface area contributed by atoms with Gasteiger partial charge in [0, 0.05) is 5.38 Å². The Bertz CT molecular complexity index is 632. The van der Waals surface area contributed by atoms with Crippen molar-refractivity contribution in [1.29, 1.82) is 5.41 Å². The third-order valence-electron chi connectivity index (χ3n) is 2.20. The zero-order chi connectivity index (χ0) is 14.0. The van der Waals surface area contributed by atoms with Gasteiger partial charge < -0.3 is 10.5 Å². The van der Waals surface area contributed by atoms with Crippen molar-refractivity contribution in [2.45, 2.75) is 6.61 Å². The SMILES string of the molecule is N=C(N)c1c(F)ccc(OCc2nc(Br)cs2)c1F. The molecular weight excluding hydrogens is 340 g/mol. The third kappa shape index (κ3) is 3.07. The molecule has 100 valence electrons. The topological polar surface area (TPSA) is 72.0 Å². The molecule has 0 bridgehead atoms. The minimum absolute atomic E-state index is 0.0517. The van der Waals surface area contributed by atoms with Crippen LogP contribution in [0.25, 0.3) is 0 Å². The monoisotopic (exact) mass is 347 g/mol. The van der Waals surface area contributed by atoms with Crippen LogP contribution in [0.2, 0.25) is 0 Å². The Morgan fingerprint density at radius 2 is 2.21 bits per heavy atom. The molecule has 0 unspecified atom stereocenters. The van der Waals surface area contributed by atoms with Gasteiger partial charge in [-0.3, -0.25) is 5.41 Å². The number of nitrogens with one attached hydrogen (secondary N) is 1. The maximum atomic E-state index is 13.9. The molecule has 0 aliphatic rings. The second kappa shape index (κ2) is 5.62. The summed E-state index contributed by atoms with van der Waals surface area (Å²) in [5.74, 6) is -2.73. The van der Waals surface area contributed by atoms with E-state index in [1.165, 1.54) is 11.3 Å². The van der Waals surface area contributed by atoms with Crippen molar-refractivity contribution >= 4 is 33.1 Å². The highest BCUT2D eigenvalue weighted by Gasteiger charge is 2.17. The quantitative estimate of drug-likeness (QED) is 0.659. The predicted molar refractivity (Wildman–Crippen MR) is 71.5 cm³/mol. The Kier molecular flexibility index (Phi) is 4.11. The summed E-state index contributed by atoms with van der Waals surface area (Å²) in [4.78, 5) is 4.08. The molecule has 0 spiro atoms. The fraction of sp³-hybridized carbons (Fsp3) is 0.0909. The molecular formula is C11H8BrF2N3OS. The van der Waals surface area contributed by atoms with E-state index in [1.807, 2.05) is 0 Å². The zero-order valence-corrected chi connectivity index (χ0v) is 11.8. The van der Waals surface area contributed by atoms with Crippen LogP contribution in [-0.4, -0.2) is 10.8 Å². The second-order valence-corrected chi connectivity index (χ2v) is 5.26. The first-order valence-corrected chi connectivity index (χ1v) is 6.71. The lowest BCUT2D eigenvalue weighted by atomic mass is 10.1. The van der Waals surface area contributed by atoms with Crippen LogP contribution in [0.4, 0.5) is 8.78 Å². The summed E-state index contributed by atoms with van der Waals surface area (Å²) < 4.78 is 33.1. The number of ether oxygens (including phenoxy) is 1. The van der Waals surface area contributed by atoms with Crippen molar-refractivity contribution in [2.24, 2.45) is 5.73 Å². The van der Waals surface area contributed by atoms with Crippen LogP contribution in [-0.2, 0) is 6.61 Å². The van der Waals surface area contributed by atoms with Crippen molar-refractivity contribution < 1.29 is 13.5 Å². The molecule has 4 nitrogen and oxygen atoms in total. The summed E-state index contributed by atoms with van der Waals surface area (Å²) in [6.07, 6.45) is 0. The maximum Gasteiger partial charge on any atom is 0.178 e. The molecule has 0 fully saturated rings. The van der Waals surface area contributed by atoms with Crippen LogP contribution in [0.3, 0.4) is 0 Å². The van der Waals surface area contributed by atoms with Gasteiger partial charge in [0.05, 0.1) is 5.56 Å². The van der Waals surface area contributed by atoms with E-state index < -0.39 is 23.0 Å². The van der Waals surface area contributed by atoms with Crippen LogP contribution in [0.1, 0.15) is 10.6 Å². The van der Waals surface area contributed by atoms with E-state index in [9.17, 15) is 8.78 Å². The van der Waals surface area contributed by atoms with Gasteiger partial charge in [0.2, 0.25) is 0 Å². The average Bonchev–Trinajstić information content (AvgIpc) is 2.74. The van der Waals surface area contributed by atoms with E-state index in [-0.39, 0.29) is 12.4 Å². The highest BCUT2D eigenvalue weighted by molar-refractivity contribution is 9.10. The number of benzene rings is 1. The van der Waals surface area contributed by atoms with Crippen LogP contribution in [0.5, 0.6) is 5.75 Å². The Morgan fingerprint density at radius 3 is 2.79 bits per heavy atom. The molecule has 1 aromatic heterocycles. The van der Waals surface area contributed by atoms with Crippen molar-refractivity contribution in [3.63, 3.8) is 0 Å². The van der Waals surface area contributed by atoms with Crippen LogP contribution >= 0.6 is 27.3 Å². The Labute approximate surface area is 119 Å². The van der Waals surface area contributed by atoms with Crippen molar-refractivity contribution in [3.05, 3.63) is 44.3 Å². The molecule has 3 N–H and O–H groups in total. The molecule has 2 rings (SSSR count). The number of hydrogen-bond donors (Lipinski definition) is 2. The number of rotatable bonds is 4. The van der Waals surface area contributed by atoms with Crippen molar-refractivity contribution in [3.8, 4) is 5.75 Å². The molecule has 0 atom stereocenters. The Balaban J connectivity index is 2.21. The molecule has 8 heteroatoms. The van der Waals surface area contributed by atoms with Gasteiger partial charge in [-0.1, -0.05) is 0 Å². The number of hydrogen-bond acceptors (Lipinski definition) is 4. The van der Waals surface area contributed by atoms with E-state index in [0.717, 1.165) is 12.1 Å². The summed E-state index contributed by atoms with van der Waals surface area (Å²) in [6.45, 7) is 0.0517. The summed E-state index contributed by atoms with van der Waals surface area (Å²) in [6, 6.07) is 2.16. The first kappa shape index (κ1) is 13.9. The highest BCUT2D eigenvalue weighted by atomic mass is 79.9. The van der Waals surface area contributed by atoms with E-state index in [4.69, 9.17) is 15.9 Å². The van der Waals surface area contributed by atoms with Crippen LogP contribution in [0, 0.1) is 17.0 Å². The zero-order valence-electron chi connectivity index (χ0n) is 9.41. The molecule has 2 aromatic rings. The number of nitrogens with two attached hydrogens (primary N) is 1. The lowest BCUT2D eigenvalue weighted by molar-refractivity contribution is 0.288. The predicted octanol–water partition coefficient (Wildman–Crippen LogP) is 3.05. The van der Waals surface area contributed by atoms with Gasteiger partial charge in [-0.2, -0.15) is 0 Å². The van der Waals surface area contributed by atoms with Crippen molar-refractivity contribution in [2.75, 3.05) is 0 Å². The van der Waals surface area contributed by atoms with E-state index in [2.05, 4.69) is 20.9 Å². The van der Waals surface area contributed by atoms with Gasteiger partial charge in [-0.15, -0.1) is 11.3 Å². The molecule has 0 saturated carbocycles. The molecule has 0 aliphatic heterocycles. The first-order valence-electron chi connectivity index (χ1n) is 5.04. The number of nitrogens with zero attached hydrogens (tertiary/aromatic N) is 1. The molecule has 1 heterocycles. The Morgan fingerprint density at radius 1 is 1.47 bits per heavy atom. The highest BCUT2D eigenvalue weighted by Crippen LogP contribution is 2.24. The van der Waals surface area contributed by atoms with Gasteiger partial charge >= 0.3 is 0 Å². The number of amidine groups is 1. The molecule has 0 radical (unpaired) electrons. The number of thiazole rings is 1. The summed E-state index contributed by atoms with van der Waals surface area (Å²) >= 11 is 4.53. The van der Waals surface area contributed by atoms with Gasteiger partial charge in [0.25, 0.3) is 0 Å².